The van der Waals surface area contributed by atoms with Crippen LogP contribution in [0.15, 0.2) is 91.0 Å². The molecule has 0 aliphatic rings. The molecule has 1 aromatic heterocycles. The van der Waals surface area contributed by atoms with E-state index in [0.29, 0.717) is 5.82 Å². The Kier molecular flexibility index (Phi) is 6.64. The minimum atomic E-state index is -0.390. The number of benzene rings is 3. The van der Waals surface area contributed by atoms with Gasteiger partial charge in [-0.2, -0.15) is 0 Å². The number of carbonyl (C=O) groups is 1. The molecule has 0 aliphatic carbocycles. The van der Waals surface area contributed by atoms with Crippen LogP contribution in [0, 0.1) is 6.92 Å². The van der Waals surface area contributed by atoms with Gasteiger partial charge in [0.15, 0.2) is 0 Å². The molecule has 6 heteroatoms. The summed E-state index contributed by atoms with van der Waals surface area (Å²) in [6.45, 7) is 1.87. The molecule has 4 rings (SSSR count). The fraction of sp³-hybridized carbons (Fsp3) is 0.148. The summed E-state index contributed by atoms with van der Waals surface area (Å²) in [5.74, 6) is 1.78. The maximum absolute atomic E-state index is 13.3. The topological polar surface area (TPSA) is 70.2 Å². The van der Waals surface area contributed by atoms with E-state index < -0.39 is 5.92 Å². The number of carbonyl (C=O) groups excluding carboxylic acids is 1. The van der Waals surface area contributed by atoms with Gasteiger partial charge in [-0.1, -0.05) is 60.7 Å². The normalized spacial score (nSPS) is 10.7. The second kappa shape index (κ2) is 9.96. The van der Waals surface area contributed by atoms with Gasteiger partial charge in [0.05, 0.1) is 5.92 Å². The van der Waals surface area contributed by atoms with Crippen LogP contribution in [-0.4, -0.2) is 30.0 Å². The number of nitrogens with one attached hydrogen (secondary N) is 2. The summed E-state index contributed by atoms with van der Waals surface area (Å²) in [6, 6.07) is 29.2. The first kappa shape index (κ1) is 22.0. The van der Waals surface area contributed by atoms with Crippen molar-refractivity contribution in [3.63, 3.8) is 0 Å². The van der Waals surface area contributed by atoms with Crippen molar-refractivity contribution in [2.45, 2.75) is 12.8 Å². The van der Waals surface area contributed by atoms with Crippen LogP contribution in [0.3, 0.4) is 0 Å². The Labute approximate surface area is 194 Å². The fourth-order valence-electron chi connectivity index (χ4n) is 3.63. The monoisotopic (exact) mass is 437 g/mol. The second-order valence-corrected chi connectivity index (χ2v) is 8.00. The number of amides is 1. The molecular formula is C27H27N5O. The predicted molar refractivity (Wildman–Crippen MR) is 134 cm³/mol. The van der Waals surface area contributed by atoms with Gasteiger partial charge in [0, 0.05) is 31.5 Å². The van der Waals surface area contributed by atoms with Crippen LogP contribution in [0.4, 0.5) is 23.0 Å². The Bertz CT molecular complexity index is 1170. The first-order chi connectivity index (χ1) is 16.0. The smallest absolute Gasteiger partial charge is 0.236 e. The number of aromatic nitrogens is 2. The van der Waals surface area contributed by atoms with Crippen LogP contribution in [-0.2, 0) is 4.79 Å². The maximum Gasteiger partial charge on any atom is 0.236 e. The van der Waals surface area contributed by atoms with Gasteiger partial charge in [-0.05, 0) is 42.3 Å². The Morgan fingerprint density at radius 2 is 1.33 bits per heavy atom. The lowest BCUT2D eigenvalue weighted by Gasteiger charge is -2.18. The van der Waals surface area contributed by atoms with Crippen molar-refractivity contribution in [2.75, 3.05) is 29.6 Å². The van der Waals surface area contributed by atoms with Crippen LogP contribution in [0.2, 0.25) is 0 Å². The molecule has 0 bridgehead atoms. The molecule has 166 valence electrons. The lowest BCUT2D eigenvalue weighted by Crippen LogP contribution is -2.22. The van der Waals surface area contributed by atoms with Gasteiger partial charge in [0.25, 0.3) is 0 Å². The highest BCUT2D eigenvalue weighted by molar-refractivity contribution is 5.98. The van der Waals surface area contributed by atoms with E-state index in [9.17, 15) is 4.79 Å². The SMILES string of the molecule is Cc1nc(Nc2ccc(NC(=O)C(c3ccccc3)c3ccccc3)cc2)cc(N(C)C)n1. The molecule has 4 aromatic rings. The number of rotatable bonds is 7. The first-order valence-electron chi connectivity index (χ1n) is 10.8. The minimum Gasteiger partial charge on any atom is -0.363 e. The highest BCUT2D eigenvalue weighted by Crippen LogP contribution is 2.27. The first-order valence-corrected chi connectivity index (χ1v) is 10.8. The van der Waals surface area contributed by atoms with Gasteiger partial charge >= 0.3 is 0 Å². The average Bonchev–Trinajstić information content (AvgIpc) is 2.81. The molecule has 33 heavy (non-hydrogen) atoms. The number of hydrogen-bond donors (Lipinski definition) is 2. The van der Waals surface area contributed by atoms with Crippen LogP contribution < -0.4 is 15.5 Å². The van der Waals surface area contributed by atoms with Gasteiger partial charge < -0.3 is 15.5 Å². The summed E-state index contributed by atoms with van der Waals surface area (Å²) in [5.41, 5.74) is 3.51. The number of nitrogens with zero attached hydrogens (tertiary/aromatic N) is 3. The molecule has 3 aromatic carbocycles. The van der Waals surface area contributed by atoms with Gasteiger partial charge in [0.2, 0.25) is 5.91 Å². The molecule has 0 saturated heterocycles. The van der Waals surface area contributed by atoms with Gasteiger partial charge in [-0.25, -0.2) is 9.97 Å². The third-order valence-electron chi connectivity index (χ3n) is 5.24. The lowest BCUT2D eigenvalue weighted by atomic mass is 9.90. The highest BCUT2D eigenvalue weighted by Gasteiger charge is 2.22. The minimum absolute atomic E-state index is 0.0739. The van der Waals surface area contributed by atoms with E-state index >= 15 is 0 Å². The standard InChI is InChI=1S/C27H27N5O/c1-19-28-24(18-25(29-19)32(2)3)30-22-14-16-23(17-15-22)31-27(33)26(20-10-6-4-7-11-20)21-12-8-5-9-13-21/h4-18,26H,1-3H3,(H,31,33)(H,28,29,30). The number of aryl methyl sites for hydroxylation is 1. The van der Waals surface area contributed by atoms with E-state index in [-0.39, 0.29) is 5.91 Å². The zero-order valence-corrected chi connectivity index (χ0v) is 19.0. The van der Waals surface area contributed by atoms with Crippen molar-refractivity contribution in [1.29, 1.82) is 0 Å². The molecule has 0 spiro atoms. The van der Waals surface area contributed by atoms with E-state index in [1.807, 2.05) is 117 Å². The molecular weight excluding hydrogens is 410 g/mol. The van der Waals surface area contributed by atoms with Crippen molar-refractivity contribution in [3.05, 3.63) is 108 Å². The van der Waals surface area contributed by atoms with Gasteiger partial charge in [-0.15, -0.1) is 0 Å². The van der Waals surface area contributed by atoms with Crippen molar-refractivity contribution in [2.24, 2.45) is 0 Å². The molecule has 0 saturated carbocycles. The largest absolute Gasteiger partial charge is 0.363 e. The molecule has 1 amide bonds. The molecule has 6 nitrogen and oxygen atoms in total. The van der Waals surface area contributed by atoms with Crippen molar-refractivity contribution >= 4 is 28.9 Å². The third-order valence-corrected chi connectivity index (χ3v) is 5.24. The van der Waals surface area contributed by atoms with Gasteiger partial charge in [0.1, 0.15) is 17.5 Å². The third kappa shape index (κ3) is 5.54. The molecule has 1 heterocycles. The molecule has 0 unspecified atom stereocenters. The quantitative estimate of drug-likeness (QED) is 0.407. The maximum atomic E-state index is 13.3. The van der Waals surface area contributed by atoms with Crippen LogP contribution in [0.25, 0.3) is 0 Å². The van der Waals surface area contributed by atoms with Crippen LogP contribution in [0.1, 0.15) is 22.9 Å². The summed E-state index contributed by atoms with van der Waals surface area (Å²) in [7, 11) is 3.89. The van der Waals surface area contributed by atoms with Crippen LogP contribution >= 0.6 is 0 Å². The Morgan fingerprint density at radius 3 is 1.88 bits per heavy atom. The summed E-state index contributed by atoms with van der Waals surface area (Å²) in [5, 5.41) is 6.37. The summed E-state index contributed by atoms with van der Waals surface area (Å²) in [6.07, 6.45) is 0. The molecule has 0 radical (unpaired) electrons. The number of hydrogen-bond acceptors (Lipinski definition) is 5. The summed E-state index contributed by atoms with van der Waals surface area (Å²) in [4.78, 5) is 24.1. The Hall–Kier alpha value is -4.19. The molecule has 0 fully saturated rings. The van der Waals surface area contributed by atoms with Crippen LogP contribution in [0.5, 0.6) is 0 Å². The van der Waals surface area contributed by atoms with Crippen molar-refractivity contribution in [1.82, 2.24) is 9.97 Å². The molecule has 2 N–H and O–H groups in total. The van der Waals surface area contributed by atoms with E-state index in [1.54, 1.807) is 0 Å². The van der Waals surface area contributed by atoms with E-state index in [4.69, 9.17) is 0 Å². The van der Waals surface area contributed by atoms with E-state index in [0.717, 1.165) is 34.1 Å². The average molecular weight is 438 g/mol. The zero-order chi connectivity index (χ0) is 23.2. The van der Waals surface area contributed by atoms with Crippen molar-refractivity contribution < 1.29 is 4.79 Å². The van der Waals surface area contributed by atoms with Crippen molar-refractivity contribution in [3.8, 4) is 0 Å². The Balaban J connectivity index is 1.50. The number of anilines is 4. The Morgan fingerprint density at radius 1 is 0.788 bits per heavy atom. The fourth-order valence-corrected chi connectivity index (χ4v) is 3.63. The van der Waals surface area contributed by atoms with E-state index in [2.05, 4.69) is 20.6 Å². The predicted octanol–water partition coefficient (Wildman–Crippen LogP) is 5.37. The highest BCUT2D eigenvalue weighted by atomic mass is 16.1. The summed E-state index contributed by atoms with van der Waals surface area (Å²) >= 11 is 0. The van der Waals surface area contributed by atoms with Gasteiger partial charge in [-0.3, -0.25) is 4.79 Å². The zero-order valence-electron chi connectivity index (χ0n) is 19.0. The second-order valence-electron chi connectivity index (χ2n) is 8.00. The molecule has 0 aliphatic heterocycles. The lowest BCUT2D eigenvalue weighted by molar-refractivity contribution is -0.116. The molecule has 0 atom stereocenters. The summed E-state index contributed by atoms with van der Waals surface area (Å²) < 4.78 is 0. The van der Waals surface area contributed by atoms with E-state index in [1.165, 1.54) is 0 Å².